The van der Waals surface area contributed by atoms with Gasteiger partial charge >= 0.3 is 13.9 Å². The van der Waals surface area contributed by atoms with Crippen LogP contribution in [-0.4, -0.2) is 63.7 Å². The Labute approximate surface area is 205 Å². The van der Waals surface area contributed by atoms with E-state index in [9.17, 15) is 18.9 Å². The van der Waals surface area contributed by atoms with Crippen LogP contribution in [-0.2, 0) is 20.6 Å². The summed E-state index contributed by atoms with van der Waals surface area (Å²) >= 11 is 0. The summed E-state index contributed by atoms with van der Waals surface area (Å²) in [4.78, 5) is 57.1. The molecule has 1 atom stereocenters. The Hall–Kier alpha value is -2.62. The van der Waals surface area contributed by atoms with Gasteiger partial charge in [-0.2, -0.15) is 0 Å². The summed E-state index contributed by atoms with van der Waals surface area (Å²) in [5.74, 6) is -0.624. The molecule has 0 spiro atoms. The maximum absolute atomic E-state index is 13.4. The van der Waals surface area contributed by atoms with Gasteiger partial charge in [0.15, 0.2) is 0 Å². The molecule has 2 fully saturated rings. The van der Waals surface area contributed by atoms with Crippen molar-refractivity contribution in [3.05, 3.63) is 29.8 Å². The van der Waals surface area contributed by atoms with E-state index in [-0.39, 0.29) is 30.0 Å². The lowest BCUT2D eigenvalue weighted by Gasteiger charge is -2.41. The minimum Gasteiger partial charge on any atom is -0.404 e. The van der Waals surface area contributed by atoms with E-state index in [0.717, 1.165) is 38.5 Å². The monoisotopic (exact) mass is 510 g/mol. The number of hydrogen-bond donors (Lipinski definition) is 5. The molecule has 1 heterocycles. The molecule has 1 aliphatic heterocycles. The van der Waals surface area contributed by atoms with Crippen molar-refractivity contribution in [2.75, 3.05) is 19.6 Å². The summed E-state index contributed by atoms with van der Waals surface area (Å²) < 4.78 is 15.6. The van der Waals surface area contributed by atoms with Crippen molar-refractivity contribution in [1.82, 2.24) is 20.9 Å². The van der Waals surface area contributed by atoms with E-state index in [0.29, 0.717) is 31.6 Å². The fraction of sp³-hybridized carbons (Fsp3) is 0.609. The van der Waals surface area contributed by atoms with Gasteiger partial charge in [0.1, 0.15) is 11.8 Å². The number of phosphoric acid groups is 1. The SMILES string of the molecule is CC(=O)N[C@@H](Cc1ccc(OP(=O)(O)O)cc1)C(=O)NC1(CCN2CCCNC2=O)CCCCC1. The lowest BCUT2D eigenvalue weighted by atomic mass is 9.78. The second kappa shape index (κ2) is 11.9. The van der Waals surface area contributed by atoms with Crippen LogP contribution in [0.25, 0.3) is 0 Å². The molecule has 4 amide bonds. The molecule has 35 heavy (non-hydrogen) atoms. The van der Waals surface area contributed by atoms with Gasteiger partial charge in [0.05, 0.1) is 0 Å². The largest absolute Gasteiger partial charge is 0.524 e. The zero-order valence-electron chi connectivity index (χ0n) is 20.0. The summed E-state index contributed by atoms with van der Waals surface area (Å²) in [7, 11) is -4.66. The number of urea groups is 1. The van der Waals surface area contributed by atoms with Gasteiger partial charge in [-0.25, -0.2) is 9.36 Å². The third-order valence-corrected chi connectivity index (χ3v) is 6.96. The first-order valence-corrected chi connectivity index (χ1v) is 13.5. The van der Waals surface area contributed by atoms with Gasteiger partial charge in [0.2, 0.25) is 11.8 Å². The van der Waals surface area contributed by atoms with Crippen LogP contribution in [0.3, 0.4) is 0 Å². The van der Waals surface area contributed by atoms with Crippen LogP contribution >= 0.6 is 7.82 Å². The highest BCUT2D eigenvalue weighted by molar-refractivity contribution is 7.46. The average molecular weight is 511 g/mol. The number of rotatable bonds is 10. The zero-order chi connectivity index (χ0) is 25.5. The van der Waals surface area contributed by atoms with Crippen LogP contribution in [0, 0.1) is 0 Å². The minimum atomic E-state index is -4.66. The topological polar surface area (TPSA) is 157 Å². The summed E-state index contributed by atoms with van der Waals surface area (Å²) in [6, 6.07) is 5.11. The Morgan fingerprint density at radius 1 is 1.17 bits per heavy atom. The number of hydrogen-bond acceptors (Lipinski definition) is 5. The molecule has 11 nitrogen and oxygen atoms in total. The van der Waals surface area contributed by atoms with Crippen molar-refractivity contribution in [1.29, 1.82) is 0 Å². The smallest absolute Gasteiger partial charge is 0.404 e. The summed E-state index contributed by atoms with van der Waals surface area (Å²) in [5, 5.41) is 8.79. The number of amides is 4. The number of carbonyl (C=O) groups excluding carboxylic acids is 3. The maximum Gasteiger partial charge on any atom is 0.524 e. The summed E-state index contributed by atoms with van der Waals surface area (Å²) in [6.07, 6.45) is 6.44. The quantitative estimate of drug-likeness (QED) is 0.301. The normalized spacial score (nSPS) is 18.8. The first-order chi connectivity index (χ1) is 16.6. The van der Waals surface area contributed by atoms with Crippen molar-refractivity contribution < 1.29 is 33.3 Å². The Morgan fingerprint density at radius 3 is 2.46 bits per heavy atom. The molecule has 1 saturated heterocycles. The van der Waals surface area contributed by atoms with E-state index >= 15 is 0 Å². The first-order valence-electron chi connectivity index (χ1n) is 12.0. The highest BCUT2D eigenvalue weighted by Crippen LogP contribution is 2.37. The molecule has 1 aromatic rings. The molecule has 0 radical (unpaired) electrons. The van der Waals surface area contributed by atoms with Gasteiger partial charge in [0, 0.05) is 38.5 Å². The Morgan fingerprint density at radius 2 is 1.86 bits per heavy atom. The predicted molar refractivity (Wildman–Crippen MR) is 129 cm³/mol. The molecule has 12 heteroatoms. The summed E-state index contributed by atoms with van der Waals surface area (Å²) in [6.45, 7) is 3.29. The number of phosphoric ester groups is 1. The van der Waals surface area contributed by atoms with E-state index < -0.39 is 19.4 Å². The average Bonchev–Trinajstić information content (AvgIpc) is 2.79. The van der Waals surface area contributed by atoms with E-state index in [1.807, 2.05) is 0 Å². The second-order valence-electron chi connectivity index (χ2n) is 9.34. The second-order valence-corrected chi connectivity index (χ2v) is 10.5. The molecule has 0 unspecified atom stereocenters. The third kappa shape index (κ3) is 8.52. The van der Waals surface area contributed by atoms with Crippen molar-refractivity contribution in [3.63, 3.8) is 0 Å². The van der Waals surface area contributed by atoms with Gasteiger partial charge in [-0.05, 0) is 43.4 Å². The maximum atomic E-state index is 13.4. The molecule has 1 aromatic carbocycles. The number of benzene rings is 1. The van der Waals surface area contributed by atoms with Crippen LogP contribution in [0.5, 0.6) is 5.75 Å². The third-order valence-electron chi connectivity index (χ3n) is 6.51. The van der Waals surface area contributed by atoms with E-state index in [1.165, 1.54) is 19.1 Å². The van der Waals surface area contributed by atoms with Crippen molar-refractivity contribution >= 4 is 25.7 Å². The molecule has 2 aliphatic rings. The van der Waals surface area contributed by atoms with Crippen LogP contribution in [0.4, 0.5) is 4.79 Å². The van der Waals surface area contributed by atoms with E-state index in [4.69, 9.17) is 9.79 Å². The molecule has 0 bridgehead atoms. The van der Waals surface area contributed by atoms with Crippen LogP contribution < -0.4 is 20.5 Å². The molecule has 1 aliphatic carbocycles. The minimum absolute atomic E-state index is 0.00511. The van der Waals surface area contributed by atoms with E-state index in [2.05, 4.69) is 20.5 Å². The highest BCUT2D eigenvalue weighted by Gasteiger charge is 2.36. The number of carbonyl (C=O) groups is 3. The lowest BCUT2D eigenvalue weighted by molar-refractivity contribution is -0.129. The highest BCUT2D eigenvalue weighted by atomic mass is 31.2. The predicted octanol–water partition coefficient (Wildman–Crippen LogP) is 1.83. The van der Waals surface area contributed by atoms with Crippen LogP contribution in [0.2, 0.25) is 0 Å². The van der Waals surface area contributed by atoms with Crippen molar-refractivity contribution in [2.24, 2.45) is 0 Å². The van der Waals surface area contributed by atoms with Crippen molar-refractivity contribution in [3.8, 4) is 5.75 Å². The van der Waals surface area contributed by atoms with Gasteiger partial charge in [-0.1, -0.05) is 31.4 Å². The van der Waals surface area contributed by atoms with E-state index in [1.54, 1.807) is 17.0 Å². The van der Waals surface area contributed by atoms with Crippen molar-refractivity contribution in [2.45, 2.75) is 69.9 Å². The zero-order valence-corrected chi connectivity index (χ0v) is 20.9. The number of nitrogens with zero attached hydrogens (tertiary/aromatic N) is 1. The van der Waals surface area contributed by atoms with Gasteiger partial charge in [-0.15, -0.1) is 0 Å². The molecular weight excluding hydrogens is 475 g/mol. The van der Waals surface area contributed by atoms with Gasteiger partial charge < -0.3 is 25.4 Å². The molecule has 3 rings (SSSR count). The fourth-order valence-corrected chi connectivity index (χ4v) is 5.17. The molecule has 5 N–H and O–H groups in total. The fourth-order valence-electron chi connectivity index (χ4n) is 4.77. The lowest BCUT2D eigenvalue weighted by Crippen LogP contribution is -2.58. The van der Waals surface area contributed by atoms with Gasteiger partial charge in [0.25, 0.3) is 0 Å². The Kier molecular flexibility index (Phi) is 9.15. The Bertz CT molecular complexity index is 944. The van der Waals surface area contributed by atoms with Crippen LogP contribution in [0.1, 0.15) is 57.4 Å². The Balaban J connectivity index is 1.69. The van der Waals surface area contributed by atoms with Crippen LogP contribution in [0.15, 0.2) is 24.3 Å². The molecule has 1 saturated carbocycles. The molecular formula is C23H35N4O7P. The summed E-state index contributed by atoms with van der Waals surface area (Å²) in [5.41, 5.74) is 0.255. The standard InChI is InChI=1S/C23H35N4O7P/c1-17(28)25-20(16-18-6-8-19(9-7-18)34-35(31,32)33)21(29)26-23(10-3-2-4-11-23)12-15-27-14-5-13-24-22(27)30/h6-9,20H,2-5,10-16H2,1H3,(H,24,30)(H,25,28)(H,26,29)(H2,31,32,33)/t20-/m0/s1. The first kappa shape index (κ1) is 27.0. The molecule has 0 aromatic heterocycles. The van der Waals surface area contributed by atoms with Gasteiger partial charge in [-0.3, -0.25) is 19.4 Å². The number of nitrogens with one attached hydrogen (secondary N) is 3. The molecule has 194 valence electrons.